The van der Waals surface area contributed by atoms with Crippen LogP contribution in [-0.2, 0) is 9.84 Å². The molecule has 4 aromatic heterocycles. The van der Waals surface area contributed by atoms with Gasteiger partial charge in [-0.3, -0.25) is 4.98 Å². The Morgan fingerprint density at radius 1 is 1.16 bits per heavy atom. The van der Waals surface area contributed by atoms with Crippen LogP contribution in [0, 0.1) is 5.82 Å². The molecule has 38 heavy (non-hydrogen) atoms. The Balaban J connectivity index is 1.16. The number of halogens is 1. The zero-order valence-electron chi connectivity index (χ0n) is 20.1. The second-order valence-corrected chi connectivity index (χ2v) is 11.8. The molecule has 0 N–H and O–H groups in total. The number of nitrogens with zero attached hydrogens (tertiary/aromatic N) is 6. The van der Waals surface area contributed by atoms with Gasteiger partial charge in [0, 0.05) is 66.7 Å². The van der Waals surface area contributed by atoms with Gasteiger partial charge < -0.3 is 14.2 Å². The zero-order valence-corrected chi connectivity index (χ0v) is 21.7. The number of ether oxygens (including phenoxy) is 1. The van der Waals surface area contributed by atoms with Gasteiger partial charge in [-0.1, -0.05) is 11.2 Å². The number of thiophene rings is 1. The fraction of sp³-hybridized carbons (Fsp3) is 0.240. The normalized spacial score (nSPS) is 14.7. The summed E-state index contributed by atoms with van der Waals surface area (Å²) in [5.41, 5.74) is 2.17. The van der Waals surface area contributed by atoms with Gasteiger partial charge in [0.1, 0.15) is 22.9 Å². The van der Waals surface area contributed by atoms with Crippen LogP contribution in [0.5, 0.6) is 5.88 Å². The Labute approximate surface area is 221 Å². The van der Waals surface area contributed by atoms with Gasteiger partial charge in [-0.25, -0.2) is 22.8 Å². The number of sulfone groups is 1. The lowest BCUT2D eigenvalue weighted by Crippen LogP contribution is -2.38. The molecular weight excluding hydrogens is 531 g/mol. The lowest BCUT2D eigenvalue weighted by molar-refractivity contribution is 0.164. The van der Waals surface area contributed by atoms with Gasteiger partial charge in [0.15, 0.2) is 9.84 Å². The molecular formula is C25H21FN6O4S2. The smallest absolute Gasteiger partial charge is 0.324 e. The molecule has 0 unspecified atom stereocenters. The third kappa shape index (κ3) is 4.70. The lowest BCUT2D eigenvalue weighted by Gasteiger charge is -2.30. The van der Waals surface area contributed by atoms with Gasteiger partial charge in [0.2, 0.25) is 11.7 Å². The number of pyridine rings is 1. The van der Waals surface area contributed by atoms with Gasteiger partial charge in [0.05, 0.1) is 10.4 Å². The average molecular weight is 553 g/mol. The summed E-state index contributed by atoms with van der Waals surface area (Å²) in [4.78, 5) is 19.2. The van der Waals surface area contributed by atoms with E-state index in [1.54, 1.807) is 17.8 Å². The van der Waals surface area contributed by atoms with Crippen molar-refractivity contribution in [2.45, 2.75) is 23.8 Å². The molecule has 0 saturated carbocycles. The molecule has 6 rings (SSSR count). The van der Waals surface area contributed by atoms with Crippen molar-refractivity contribution in [1.82, 2.24) is 25.1 Å². The standard InChI is InChI=1S/C25H21FN6O4S2/c1-38(33,34)17-4-5-18(20(26)11-17)19-13-37-22-21(19)28-14-29-24(22)35-16-6-9-32(10-7-16)25-30-23(31-36-25)15-3-2-8-27-12-15/h2-5,8,11-14,16H,6-7,9-10H2,1H3. The van der Waals surface area contributed by atoms with Crippen LogP contribution in [0.25, 0.3) is 32.7 Å². The molecule has 1 aromatic carbocycles. The second kappa shape index (κ2) is 9.72. The molecule has 0 amide bonds. The molecule has 194 valence electrons. The largest absolute Gasteiger partial charge is 0.473 e. The third-order valence-corrected chi connectivity index (χ3v) is 8.37. The quantitative estimate of drug-likeness (QED) is 0.299. The van der Waals surface area contributed by atoms with E-state index in [1.807, 2.05) is 17.0 Å². The highest BCUT2D eigenvalue weighted by Gasteiger charge is 2.26. The van der Waals surface area contributed by atoms with Crippen molar-refractivity contribution in [3.8, 4) is 28.4 Å². The second-order valence-electron chi connectivity index (χ2n) is 8.87. The van der Waals surface area contributed by atoms with Crippen molar-refractivity contribution in [3.63, 3.8) is 0 Å². The molecule has 1 aliphatic heterocycles. The fourth-order valence-corrected chi connectivity index (χ4v) is 5.91. The zero-order chi connectivity index (χ0) is 26.3. The molecule has 1 fully saturated rings. The number of anilines is 1. The molecule has 0 aliphatic carbocycles. The molecule has 0 bridgehead atoms. The minimum absolute atomic E-state index is 0.0721. The van der Waals surface area contributed by atoms with E-state index in [-0.39, 0.29) is 16.6 Å². The Kier molecular flexibility index (Phi) is 6.24. The first-order valence-electron chi connectivity index (χ1n) is 11.7. The van der Waals surface area contributed by atoms with Crippen LogP contribution in [-0.4, -0.2) is 59.0 Å². The molecule has 0 atom stereocenters. The first-order chi connectivity index (χ1) is 18.4. The van der Waals surface area contributed by atoms with E-state index < -0.39 is 15.7 Å². The molecule has 1 saturated heterocycles. The van der Waals surface area contributed by atoms with Gasteiger partial charge in [0.25, 0.3) is 0 Å². The highest BCUT2D eigenvalue weighted by molar-refractivity contribution is 7.90. The van der Waals surface area contributed by atoms with Crippen molar-refractivity contribution in [3.05, 3.63) is 60.3 Å². The van der Waals surface area contributed by atoms with E-state index in [0.717, 1.165) is 30.7 Å². The molecule has 13 heteroatoms. The van der Waals surface area contributed by atoms with Crippen LogP contribution in [0.4, 0.5) is 10.4 Å². The van der Waals surface area contributed by atoms with Crippen molar-refractivity contribution in [2.75, 3.05) is 24.2 Å². The Morgan fingerprint density at radius 3 is 2.74 bits per heavy atom. The Hall–Kier alpha value is -3.97. The summed E-state index contributed by atoms with van der Waals surface area (Å²) in [6, 6.07) is 8.04. The van der Waals surface area contributed by atoms with Crippen molar-refractivity contribution in [2.24, 2.45) is 0 Å². The van der Waals surface area contributed by atoms with Gasteiger partial charge >= 0.3 is 6.01 Å². The first-order valence-corrected chi connectivity index (χ1v) is 14.5. The number of piperidine rings is 1. The predicted octanol–water partition coefficient (Wildman–Crippen LogP) is 4.39. The van der Waals surface area contributed by atoms with Crippen LogP contribution in [0.2, 0.25) is 0 Å². The molecule has 0 radical (unpaired) electrons. The number of fused-ring (bicyclic) bond motifs is 1. The van der Waals surface area contributed by atoms with Crippen LogP contribution in [0.1, 0.15) is 12.8 Å². The summed E-state index contributed by atoms with van der Waals surface area (Å²) in [6.45, 7) is 1.34. The summed E-state index contributed by atoms with van der Waals surface area (Å²) in [7, 11) is -3.51. The Bertz CT molecular complexity index is 1720. The number of hydrogen-bond acceptors (Lipinski definition) is 11. The SMILES string of the molecule is CS(=O)(=O)c1ccc(-c2csc3c(OC4CCN(c5nc(-c6cccnc6)no5)CC4)ncnc23)c(F)c1. The van der Waals surface area contributed by atoms with Crippen LogP contribution in [0.3, 0.4) is 0 Å². The summed E-state index contributed by atoms with van der Waals surface area (Å²) in [5.74, 6) is 0.300. The van der Waals surface area contributed by atoms with E-state index in [9.17, 15) is 12.8 Å². The minimum Gasteiger partial charge on any atom is -0.473 e. The van der Waals surface area contributed by atoms with E-state index >= 15 is 0 Å². The number of benzene rings is 1. The first kappa shape index (κ1) is 24.4. The highest BCUT2D eigenvalue weighted by Crippen LogP contribution is 2.38. The molecule has 5 heterocycles. The number of hydrogen-bond donors (Lipinski definition) is 0. The molecule has 5 aromatic rings. The molecule has 1 aliphatic rings. The van der Waals surface area contributed by atoms with E-state index in [0.29, 0.717) is 46.6 Å². The summed E-state index contributed by atoms with van der Waals surface area (Å²) >= 11 is 1.36. The lowest BCUT2D eigenvalue weighted by atomic mass is 10.1. The topological polar surface area (TPSA) is 124 Å². The van der Waals surface area contributed by atoms with Crippen LogP contribution in [0.15, 0.2) is 63.9 Å². The maximum absolute atomic E-state index is 14.9. The molecule has 0 spiro atoms. The van der Waals surface area contributed by atoms with Crippen LogP contribution >= 0.6 is 11.3 Å². The summed E-state index contributed by atoms with van der Waals surface area (Å²) in [6.07, 6.45) is 7.17. The maximum Gasteiger partial charge on any atom is 0.324 e. The maximum atomic E-state index is 14.9. The minimum atomic E-state index is -3.51. The van der Waals surface area contributed by atoms with Crippen molar-refractivity contribution >= 4 is 37.4 Å². The van der Waals surface area contributed by atoms with E-state index in [4.69, 9.17) is 9.26 Å². The van der Waals surface area contributed by atoms with Crippen molar-refractivity contribution < 1.29 is 22.1 Å². The predicted molar refractivity (Wildman–Crippen MR) is 139 cm³/mol. The average Bonchev–Trinajstić information content (AvgIpc) is 3.58. The van der Waals surface area contributed by atoms with Crippen LogP contribution < -0.4 is 9.64 Å². The third-order valence-electron chi connectivity index (χ3n) is 6.31. The van der Waals surface area contributed by atoms with Gasteiger partial charge in [-0.2, -0.15) is 4.98 Å². The Morgan fingerprint density at radius 2 is 2.00 bits per heavy atom. The number of rotatable bonds is 6. The van der Waals surface area contributed by atoms with Gasteiger partial charge in [-0.15, -0.1) is 11.3 Å². The summed E-state index contributed by atoms with van der Waals surface area (Å²) < 4.78 is 50.8. The van der Waals surface area contributed by atoms with E-state index in [2.05, 4.69) is 25.1 Å². The van der Waals surface area contributed by atoms with E-state index in [1.165, 1.54) is 29.8 Å². The fourth-order valence-electron chi connectivity index (χ4n) is 4.33. The number of aromatic nitrogens is 5. The van der Waals surface area contributed by atoms with Gasteiger partial charge in [-0.05, 0) is 24.3 Å². The molecule has 10 nitrogen and oxygen atoms in total. The van der Waals surface area contributed by atoms with Crippen molar-refractivity contribution in [1.29, 1.82) is 0 Å². The highest BCUT2D eigenvalue weighted by atomic mass is 32.2. The monoisotopic (exact) mass is 552 g/mol. The summed E-state index contributed by atoms with van der Waals surface area (Å²) in [5, 5.41) is 5.84.